The Balaban J connectivity index is 1.87. The van der Waals surface area contributed by atoms with Crippen molar-refractivity contribution in [2.45, 2.75) is 13.3 Å². The van der Waals surface area contributed by atoms with Crippen LogP contribution < -0.4 is 10.6 Å². The number of ketones is 1. The third-order valence-electron chi connectivity index (χ3n) is 3.44. The molecule has 1 aliphatic carbocycles. The van der Waals surface area contributed by atoms with E-state index in [0.29, 0.717) is 24.2 Å². The predicted molar refractivity (Wildman–Crippen MR) is 79.9 cm³/mol. The summed E-state index contributed by atoms with van der Waals surface area (Å²) in [5.41, 5.74) is 1.23. The van der Waals surface area contributed by atoms with Gasteiger partial charge < -0.3 is 10.6 Å². The fourth-order valence-corrected chi connectivity index (χ4v) is 2.10. The van der Waals surface area contributed by atoms with Crippen LogP contribution in [0.15, 0.2) is 36.9 Å². The van der Waals surface area contributed by atoms with E-state index in [9.17, 15) is 14.4 Å². The number of nitrogens with one attached hydrogen (secondary N) is 2. The van der Waals surface area contributed by atoms with Gasteiger partial charge in [0.2, 0.25) is 11.8 Å². The third-order valence-corrected chi connectivity index (χ3v) is 3.44. The molecule has 2 amide bonds. The molecule has 1 aromatic carbocycles. The summed E-state index contributed by atoms with van der Waals surface area (Å²) in [6, 6.07) is 6.70. The van der Waals surface area contributed by atoms with Gasteiger partial charge in [-0.2, -0.15) is 0 Å². The smallest absolute Gasteiger partial charge is 0.228 e. The Hall–Kier alpha value is -2.43. The Labute approximate surface area is 123 Å². The lowest BCUT2D eigenvalue weighted by Crippen LogP contribution is -2.27. The van der Waals surface area contributed by atoms with Crippen LogP contribution in [0.1, 0.15) is 23.7 Å². The van der Waals surface area contributed by atoms with E-state index in [4.69, 9.17) is 0 Å². The first-order chi connectivity index (χ1) is 10.0. The van der Waals surface area contributed by atoms with Gasteiger partial charge in [0.1, 0.15) is 0 Å². The highest BCUT2D eigenvalue weighted by molar-refractivity contribution is 6.00. The first-order valence-electron chi connectivity index (χ1n) is 6.83. The van der Waals surface area contributed by atoms with E-state index in [1.165, 1.54) is 6.92 Å². The zero-order valence-electron chi connectivity index (χ0n) is 11.9. The molecule has 0 aromatic heterocycles. The second kappa shape index (κ2) is 6.35. The first kappa shape index (κ1) is 15.0. The molecule has 21 heavy (non-hydrogen) atoms. The second-order valence-electron chi connectivity index (χ2n) is 5.11. The Morgan fingerprint density at radius 1 is 1.19 bits per heavy atom. The SMILES string of the molecule is C=CCNC(=O)C1CC1C(=O)Nc1ccc(C(C)=O)cc1. The zero-order chi connectivity index (χ0) is 15.4. The minimum Gasteiger partial charge on any atom is -0.352 e. The summed E-state index contributed by atoms with van der Waals surface area (Å²) in [7, 11) is 0. The molecule has 1 aliphatic rings. The van der Waals surface area contributed by atoms with Crippen LogP contribution >= 0.6 is 0 Å². The Bertz CT molecular complexity index is 578. The molecular formula is C16H18N2O3. The molecule has 110 valence electrons. The predicted octanol–water partition coefficient (Wildman–Crippen LogP) is 1.77. The van der Waals surface area contributed by atoms with E-state index in [2.05, 4.69) is 17.2 Å². The van der Waals surface area contributed by atoms with E-state index < -0.39 is 0 Å². The summed E-state index contributed by atoms with van der Waals surface area (Å²) in [6.07, 6.45) is 2.17. The van der Waals surface area contributed by atoms with Crippen LogP contribution in [0.5, 0.6) is 0 Å². The molecule has 5 nitrogen and oxygen atoms in total. The molecular weight excluding hydrogens is 268 g/mol. The van der Waals surface area contributed by atoms with Crippen molar-refractivity contribution < 1.29 is 14.4 Å². The summed E-state index contributed by atoms with van der Waals surface area (Å²) in [4.78, 5) is 34.8. The number of anilines is 1. The monoisotopic (exact) mass is 286 g/mol. The number of carbonyl (C=O) groups is 3. The third kappa shape index (κ3) is 3.78. The average Bonchev–Trinajstić information content (AvgIpc) is 3.26. The van der Waals surface area contributed by atoms with Gasteiger partial charge in [-0.3, -0.25) is 14.4 Å². The van der Waals surface area contributed by atoms with E-state index in [1.54, 1.807) is 30.3 Å². The van der Waals surface area contributed by atoms with Gasteiger partial charge in [-0.25, -0.2) is 0 Å². The molecule has 0 aliphatic heterocycles. The summed E-state index contributed by atoms with van der Waals surface area (Å²) in [6.45, 7) is 5.43. The molecule has 0 radical (unpaired) electrons. The standard InChI is InChI=1S/C16H18N2O3/c1-3-8-17-15(20)13-9-14(13)16(21)18-12-6-4-11(5-7-12)10(2)19/h3-7,13-14H,1,8-9H2,2H3,(H,17,20)(H,18,21). The van der Waals surface area contributed by atoms with Gasteiger partial charge in [0, 0.05) is 17.8 Å². The fourth-order valence-electron chi connectivity index (χ4n) is 2.10. The maximum absolute atomic E-state index is 12.0. The number of amides is 2. The average molecular weight is 286 g/mol. The zero-order valence-corrected chi connectivity index (χ0v) is 11.9. The van der Waals surface area contributed by atoms with Crippen molar-refractivity contribution in [2.24, 2.45) is 11.8 Å². The summed E-state index contributed by atoms with van der Waals surface area (Å²) in [5.74, 6) is -0.816. The lowest BCUT2D eigenvalue weighted by molar-refractivity contribution is -0.125. The molecule has 2 atom stereocenters. The highest BCUT2D eigenvalue weighted by atomic mass is 16.2. The van der Waals surface area contributed by atoms with Gasteiger partial charge >= 0.3 is 0 Å². The fraction of sp³-hybridized carbons (Fsp3) is 0.312. The van der Waals surface area contributed by atoms with Crippen molar-refractivity contribution in [1.29, 1.82) is 0 Å². The second-order valence-corrected chi connectivity index (χ2v) is 5.11. The molecule has 5 heteroatoms. The number of Topliss-reactive ketones (excluding diaryl/α,β-unsaturated/α-hetero) is 1. The maximum Gasteiger partial charge on any atom is 0.228 e. The van der Waals surface area contributed by atoms with Crippen LogP contribution in [0.4, 0.5) is 5.69 Å². The van der Waals surface area contributed by atoms with Crippen LogP contribution in [0.3, 0.4) is 0 Å². The summed E-state index contributed by atoms with van der Waals surface area (Å²) in [5, 5.41) is 5.45. The molecule has 0 bridgehead atoms. The molecule has 1 saturated carbocycles. The molecule has 1 fully saturated rings. The van der Waals surface area contributed by atoms with Crippen LogP contribution in [0.2, 0.25) is 0 Å². The molecule has 2 unspecified atom stereocenters. The molecule has 1 aromatic rings. The van der Waals surface area contributed by atoms with Crippen LogP contribution in [0.25, 0.3) is 0 Å². The number of hydrogen-bond donors (Lipinski definition) is 2. The molecule has 0 spiro atoms. The van der Waals surface area contributed by atoms with Crippen molar-refractivity contribution in [3.8, 4) is 0 Å². The van der Waals surface area contributed by atoms with E-state index in [-0.39, 0.29) is 29.4 Å². The van der Waals surface area contributed by atoms with Crippen LogP contribution in [-0.2, 0) is 9.59 Å². The largest absolute Gasteiger partial charge is 0.352 e. The summed E-state index contributed by atoms with van der Waals surface area (Å²) >= 11 is 0. The minimum absolute atomic E-state index is 0.0194. The van der Waals surface area contributed by atoms with Crippen LogP contribution in [-0.4, -0.2) is 24.1 Å². The van der Waals surface area contributed by atoms with E-state index in [1.807, 2.05) is 0 Å². The Morgan fingerprint density at radius 2 is 1.81 bits per heavy atom. The number of benzene rings is 1. The topological polar surface area (TPSA) is 75.3 Å². The van der Waals surface area contributed by atoms with Gasteiger partial charge in [-0.05, 0) is 37.6 Å². The quantitative estimate of drug-likeness (QED) is 0.618. The van der Waals surface area contributed by atoms with Crippen LogP contribution in [0, 0.1) is 11.8 Å². The molecule has 2 rings (SSSR count). The Morgan fingerprint density at radius 3 is 2.38 bits per heavy atom. The van der Waals surface area contributed by atoms with Crippen molar-refractivity contribution in [2.75, 3.05) is 11.9 Å². The maximum atomic E-state index is 12.0. The van der Waals surface area contributed by atoms with Gasteiger partial charge in [0.05, 0.1) is 11.8 Å². The molecule has 0 heterocycles. The highest BCUT2D eigenvalue weighted by Gasteiger charge is 2.47. The Kier molecular flexibility index (Phi) is 4.52. The van der Waals surface area contributed by atoms with Crippen molar-refractivity contribution in [3.05, 3.63) is 42.5 Å². The number of carbonyl (C=O) groups excluding carboxylic acids is 3. The van der Waals surface area contributed by atoms with E-state index in [0.717, 1.165) is 0 Å². The minimum atomic E-state index is -0.276. The van der Waals surface area contributed by atoms with Crippen molar-refractivity contribution >= 4 is 23.3 Å². The van der Waals surface area contributed by atoms with Gasteiger partial charge in [-0.1, -0.05) is 6.08 Å². The van der Waals surface area contributed by atoms with E-state index >= 15 is 0 Å². The van der Waals surface area contributed by atoms with Gasteiger partial charge in [0.15, 0.2) is 5.78 Å². The van der Waals surface area contributed by atoms with Crippen molar-refractivity contribution in [1.82, 2.24) is 5.32 Å². The first-order valence-corrected chi connectivity index (χ1v) is 6.83. The normalized spacial score (nSPS) is 19.5. The lowest BCUT2D eigenvalue weighted by Gasteiger charge is -2.05. The number of hydrogen-bond acceptors (Lipinski definition) is 3. The van der Waals surface area contributed by atoms with Crippen molar-refractivity contribution in [3.63, 3.8) is 0 Å². The molecule has 0 saturated heterocycles. The van der Waals surface area contributed by atoms with Gasteiger partial charge in [0.25, 0.3) is 0 Å². The highest BCUT2D eigenvalue weighted by Crippen LogP contribution is 2.39. The number of rotatable bonds is 6. The van der Waals surface area contributed by atoms with Gasteiger partial charge in [-0.15, -0.1) is 6.58 Å². The lowest BCUT2D eigenvalue weighted by atomic mass is 10.1. The molecule has 2 N–H and O–H groups in total. The summed E-state index contributed by atoms with van der Waals surface area (Å²) < 4.78 is 0.